The lowest BCUT2D eigenvalue weighted by Gasteiger charge is -2.43. The normalized spacial score (nSPS) is 18.1. The Morgan fingerprint density at radius 2 is 0.775 bits per heavy atom. The zero-order valence-electron chi connectivity index (χ0n) is 20.5. The molecule has 2 unspecified atom stereocenters. The van der Waals surface area contributed by atoms with Crippen molar-refractivity contribution >= 4 is 55.1 Å². The standard InChI is InChI=1S/C28H20Cl2N2O6S2/c29-21-11-15-23(16-12-21)39(35,36)31-25(19-7-3-1-4-8-19)27(33)32(26(28(31)34)20-9-5-2-6-10-20)40(37,38)24-17-13-22(30)14-18-24/h1-18,25-26H. The average molecular weight is 616 g/mol. The Balaban J connectivity index is 1.78. The Bertz CT molecular complexity index is 1650. The van der Waals surface area contributed by atoms with Gasteiger partial charge in [0.15, 0.2) is 12.1 Å². The van der Waals surface area contributed by atoms with Crippen LogP contribution in [0.5, 0.6) is 0 Å². The predicted molar refractivity (Wildman–Crippen MR) is 149 cm³/mol. The number of piperazine rings is 1. The van der Waals surface area contributed by atoms with Gasteiger partial charge in [-0.25, -0.2) is 25.4 Å². The van der Waals surface area contributed by atoms with Gasteiger partial charge in [-0.2, -0.15) is 0 Å². The SMILES string of the molecule is O=C1C(c2ccccc2)N(S(=O)(=O)c2ccc(Cl)cc2)C(=O)C(c2ccccc2)N1S(=O)(=O)c1ccc(Cl)cc1. The van der Waals surface area contributed by atoms with Crippen LogP contribution in [-0.2, 0) is 29.6 Å². The lowest BCUT2D eigenvalue weighted by atomic mass is 9.98. The molecule has 0 bridgehead atoms. The van der Waals surface area contributed by atoms with E-state index in [-0.39, 0.29) is 31.0 Å². The molecular formula is C28H20Cl2N2O6S2. The Morgan fingerprint density at radius 1 is 0.475 bits per heavy atom. The molecule has 1 fully saturated rings. The molecule has 2 amide bonds. The van der Waals surface area contributed by atoms with Gasteiger partial charge in [-0.05, 0) is 59.7 Å². The van der Waals surface area contributed by atoms with Crippen molar-refractivity contribution in [3.8, 4) is 0 Å². The number of sulfonamides is 2. The molecule has 0 radical (unpaired) electrons. The van der Waals surface area contributed by atoms with Crippen LogP contribution in [0.3, 0.4) is 0 Å². The number of halogens is 2. The highest BCUT2D eigenvalue weighted by molar-refractivity contribution is 7.90. The average Bonchev–Trinajstić information content (AvgIpc) is 2.94. The van der Waals surface area contributed by atoms with E-state index in [9.17, 15) is 26.4 Å². The van der Waals surface area contributed by atoms with Gasteiger partial charge in [-0.15, -0.1) is 0 Å². The highest BCUT2D eigenvalue weighted by Gasteiger charge is 2.56. The second-order valence-electron chi connectivity index (χ2n) is 8.81. The summed E-state index contributed by atoms with van der Waals surface area (Å²) in [6, 6.07) is 21.9. The fourth-order valence-corrected chi connectivity index (χ4v) is 7.80. The maximum Gasteiger partial charge on any atom is 0.267 e. The summed E-state index contributed by atoms with van der Waals surface area (Å²) in [5, 5.41) is 0.531. The molecule has 1 saturated heterocycles. The third-order valence-corrected chi connectivity index (χ3v) is 10.4. The van der Waals surface area contributed by atoms with Gasteiger partial charge in [-0.3, -0.25) is 9.59 Å². The number of carbonyl (C=O) groups is 2. The van der Waals surface area contributed by atoms with Crippen molar-refractivity contribution in [3.63, 3.8) is 0 Å². The molecular weight excluding hydrogens is 595 g/mol. The van der Waals surface area contributed by atoms with Crippen molar-refractivity contribution in [3.05, 3.63) is 130 Å². The number of rotatable bonds is 6. The fourth-order valence-electron chi connectivity index (χ4n) is 4.48. The first-order valence-electron chi connectivity index (χ1n) is 11.8. The monoisotopic (exact) mass is 614 g/mol. The van der Waals surface area contributed by atoms with Crippen LogP contribution in [0.1, 0.15) is 23.2 Å². The van der Waals surface area contributed by atoms with E-state index in [2.05, 4.69) is 0 Å². The van der Waals surface area contributed by atoms with Crippen LogP contribution in [0.4, 0.5) is 0 Å². The molecule has 0 spiro atoms. The molecule has 5 rings (SSSR count). The molecule has 0 saturated carbocycles. The number of hydrogen-bond donors (Lipinski definition) is 0. The Morgan fingerprint density at radius 3 is 1.07 bits per heavy atom. The van der Waals surface area contributed by atoms with Gasteiger partial charge in [0.05, 0.1) is 9.79 Å². The minimum atomic E-state index is -4.67. The van der Waals surface area contributed by atoms with Gasteiger partial charge in [0.2, 0.25) is 0 Å². The summed E-state index contributed by atoms with van der Waals surface area (Å²) >= 11 is 11.9. The molecule has 40 heavy (non-hydrogen) atoms. The van der Waals surface area contributed by atoms with Crippen molar-refractivity contribution in [2.75, 3.05) is 0 Å². The summed E-state index contributed by atoms with van der Waals surface area (Å²) in [4.78, 5) is 28.1. The molecule has 204 valence electrons. The maximum atomic E-state index is 14.3. The second kappa shape index (κ2) is 10.7. The van der Waals surface area contributed by atoms with Gasteiger partial charge < -0.3 is 0 Å². The third kappa shape index (κ3) is 4.88. The van der Waals surface area contributed by atoms with Crippen molar-refractivity contribution < 1.29 is 26.4 Å². The summed E-state index contributed by atoms with van der Waals surface area (Å²) in [6.45, 7) is 0. The molecule has 1 heterocycles. The van der Waals surface area contributed by atoms with E-state index in [1.54, 1.807) is 36.4 Å². The Hall–Kier alpha value is -3.70. The van der Waals surface area contributed by atoms with Gasteiger partial charge >= 0.3 is 0 Å². The molecule has 4 aromatic rings. The number of benzene rings is 4. The van der Waals surface area contributed by atoms with Gasteiger partial charge in [-0.1, -0.05) is 83.9 Å². The van der Waals surface area contributed by atoms with E-state index in [1.165, 1.54) is 72.8 Å². The molecule has 1 aliphatic heterocycles. The first kappa shape index (κ1) is 27.9. The lowest BCUT2D eigenvalue weighted by molar-refractivity contribution is -0.150. The number of nitrogens with zero attached hydrogens (tertiary/aromatic N) is 2. The molecule has 1 aliphatic rings. The second-order valence-corrected chi connectivity index (χ2v) is 13.3. The molecule has 8 nitrogen and oxygen atoms in total. The molecule has 0 N–H and O–H groups in total. The van der Waals surface area contributed by atoms with Crippen LogP contribution in [-0.4, -0.2) is 37.3 Å². The smallest absolute Gasteiger partial charge is 0.267 e. The quantitative estimate of drug-likeness (QED) is 0.294. The maximum absolute atomic E-state index is 14.3. The fraction of sp³-hybridized carbons (Fsp3) is 0.0714. The first-order chi connectivity index (χ1) is 19.0. The van der Waals surface area contributed by atoms with Crippen LogP contribution >= 0.6 is 23.2 Å². The van der Waals surface area contributed by atoms with E-state index < -0.39 is 43.9 Å². The molecule has 12 heteroatoms. The first-order valence-corrected chi connectivity index (χ1v) is 15.4. The minimum absolute atomic E-state index is 0.112. The zero-order chi connectivity index (χ0) is 28.7. The Labute approximate surface area is 241 Å². The van der Waals surface area contributed by atoms with Crippen LogP contribution in [0.25, 0.3) is 0 Å². The molecule has 2 atom stereocenters. The van der Waals surface area contributed by atoms with E-state index in [0.717, 1.165) is 0 Å². The van der Waals surface area contributed by atoms with Crippen molar-refractivity contribution in [2.45, 2.75) is 21.9 Å². The van der Waals surface area contributed by atoms with Crippen LogP contribution in [0, 0.1) is 0 Å². The van der Waals surface area contributed by atoms with Crippen LogP contribution in [0.15, 0.2) is 119 Å². The van der Waals surface area contributed by atoms with Gasteiger partial charge in [0.25, 0.3) is 31.9 Å². The van der Waals surface area contributed by atoms with E-state index in [4.69, 9.17) is 23.2 Å². The largest absolute Gasteiger partial charge is 0.271 e. The topological polar surface area (TPSA) is 109 Å². The molecule has 4 aromatic carbocycles. The van der Waals surface area contributed by atoms with Crippen LogP contribution in [0.2, 0.25) is 10.0 Å². The number of hydrogen-bond acceptors (Lipinski definition) is 6. The van der Waals surface area contributed by atoms with Crippen molar-refractivity contribution in [2.24, 2.45) is 0 Å². The third-order valence-electron chi connectivity index (χ3n) is 6.34. The molecule has 0 aromatic heterocycles. The number of amides is 2. The van der Waals surface area contributed by atoms with Crippen molar-refractivity contribution in [1.29, 1.82) is 0 Å². The molecule has 0 aliphatic carbocycles. The van der Waals surface area contributed by atoms with Crippen molar-refractivity contribution in [1.82, 2.24) is 8.61 Å². The predicted octanol–water partition coefficient (Wildman–Crippen LogP) is 5.22. The lowest BCUT2D eigenvalue weighted by Crippen LogP contribution is -2.59. The Kier molecular flexibility index (Phi) is 7.45. The van der Waals surface area contributed by atoms with E-state index >= 15 is 0 Å². The summed E-state index contributed by atoms with van der Waals surface area (Å²) in [7, 11) is -9.35. The van der Waals surface area contributed by atoms with Gasteiger partial charge in [0, 0.05) is 10.0 Å². The highest BCUT2D eigenvalue weighted by Crippen LogP contribution is 2.43. The van der Waals surface area contributed by atoms with Crippen LogP contribution < -0.4 is 0 Å². The summed E-state index contributed by atoms with van der Waals surface area (Å²) < 4.78 is 57.0. The minimum Gasteiger partial charge on any atom is -0.271 e. The summed E-state index contributed by atoms with van der Waals surface area (Å²) in [5.74, 6) is -2.24. The van der Waals surface area contributed by atoms with E-state index in [1.807, 2.05) is 0 Å². The van der Waals surface area contributed by atoms with Gasteiger partial charge in [0.1, 0.15) is 0 Å². The zero-order valence-corrected chi connectivity index (χ0v) is 23.6. The highest BCUT2D eigenvalue weighted by atomic mass is 35.5. The summed E-state index contributed by atoms with van der Waals surface area (Å²) in [5.41, 5.74) is 0.224. The summed E-state index contributed by atoms with van der Waals surface area (Å²) in [6.07, 6.45) is 0. The van der Waals surface area contributed by atoms with E-state index in [0.29, 0.717) is 8.61 Å². The number of carbonyl (C=O) groups excluding carboxylic acids is 2.